The van der Waals surface area contributed by atoms with E-state index in [2.05, 4.69) is 16.9 Å². The summed E-state index contributed by atoms with van der Waals surface area (Å²) in [6, 6.07) is 7.01. The molecule has 1 N–H and O–H groups in total. The Morgan fingerprint density at radius 3 is 2.83 bits per heavy atom. The third-order valence-electron chi connectivity index (χ3n) is 2.93. The number of aromatic nitrogens is 1. The maximum absolute atomic E-state index is 12.1. The highest BCUT2D eigenvalue weighted by molar-refractivity contribution is 7.10. The molecule has 0 saturated heterocycles. The molecule has 2 aromatic rings. The minimum atomic E-state index is -0.468. The fraction of sp³-hybridized carbons (Fsp3) is 0.125. The Hall–Kier alpha value is -2.80. The number of nitrogens with one attached hydrogen (secondary N) is 1. The highest BCUT2D eigenvalue weighted by atomic mass is 32.1. The molecule has 2 rings (SSSR count). The third-order valence-corrected chi connectivity index (χ3v) is 3.81. The van der Waals surface area contributed by atoms with E-state index in [0.29, 0.717) is 12.0 Å². The van der Waals surface area contributed by atoms with Gasteiger partial charge < -0.3 is 10.1 Å². The Labute approximate surface area is 137 Å². The van der Waals surface area contributed by atoms with Gasteiger partial charge in [0.05, 0.1) is 18.7 Å². The molecule has 0 fully saturated rings. The van der Waals surface area contributed by atoms with E-state index >= 15 is 0 Å². The summed E-state index contributed by atoms with van der Waals surface area (Å²) in [6.45, 7) is 3.24. The van der Waals surface area contributed by atoms with Crippen molar-refractivity contribution in [3.05, 3.63) is 53.4 Å². The van der Waals surface area contributed by atoms with Gasteiger partial charge in [-0.1, -0.05) is 12.6 Å². The number of pyridine rings is 1. The van der Waals surface area contributed by atoms with Crippen LogP contribution in [0.5, 0.6) is 0 Å². The SMILES string of the molecule is C=CC(=O)N(CC=O)c1ncccc1NC(=O)Cc1cccs1. The van der Waals surface area contributed by atoms with Crippen LogP contribution in [0.25, 0.3) is 0 Å². The normalized spacial score (nSPS) is 9.91. The molecule has 2 amide bonds. The summed E-state index contributed by atoms with van der Waals surface area (Å²) in [5, 5.41) is 4.62. The molecule has 0 unspecified atom stereocenters. The Morgan fingerprint density at radius 2 is 2.17 bits per heavy atom. The van der Waals surface area contributed by atoms with E-state index in [-0.39, 0.29) is 24.7 Å². The number of rotatable bonds is 7. The van der Waals surface area contributed by atoms with E-state index in [1.807, 2.05) is 17.5 Å². The Kier molecular flexibility index (Phi) is 5.76. The van der Waals surface area contributed by atoms with Gasteiger partial charge in [0.25, 0.3) is 5.91 Å². The summed E-state index contributed by atoms with van der Waals surface area (Å²) < 4.78 is 0. The van der Waals surface area contributed by atoms with Crippen molar-refractivity contribution < 1.29 is 14.4 Å². The van der Waals surface area contributed by atoms with Crippen molar-refractivity contribution in [2.75, 3.05) is 16.8 Å². The smallest absolute Gasteiger partial charge is 0.252 e. The second-order valence-corrected chi connectivity index (χ2v) is 5.53. The number of amides is 2. The van der Waals surface area contributed by atoms with Crippen LogP contribution in [0.2, 0.25) is 0 Å². The molecule has 0 saturated carbocycles. The topological polar surface area (TPSA) is 79.4 Å². The van der Waals surface area contributed by atoms with Crippen LogP contribution in [-0.4, -0.2) is 29.6 Å². The molecule has 23 heavy (non-hydrogen) atoms. The van der Waals surface area contributed by atoms with E-state index in [0.717, 1.165) is 15.9 Å². The number of anilines is 2. The highest BCUT2D eigenvalue weighted by Crippen LogP contribution is 2.23. The zero-order chi connectivity index (χ0) is 16.7. The maximum Gasteiger partial charge on any atom is 0.252 e. The van der Waals surface area contributed by atoms with E-state index in [9.17, 15) is 14.4 Å². The first-order valence-electron chi connectivity index (χ1n) is 6.80. The van der Waals surface area contributed by atoms with Crippen LogP contribution in [0.4, 0.5) is 11.5 Å². The van der Waals surface area contributed by atoms with Crippen LogP contribution in [0.15, 0.2) is 48.5 Å². The van der Waals surface area contributed by atoms with Gasteiger partial charge in [0, 0.05) is 11.1 Å². The van der Waals surface area contributed by atoms with Crippen LogP contribution >= 0.6 is 11.3 Å². The molecule has 7 heteroatoms. The van der Waals surface area contributed by atoms with Crippen LogP contribution in [-0.2, 0) is 20.8 Å². The lowest BCUT2D eigenvalue weighted by Crippen LogP contribution is -2.32. The Morgan fingerprint density at radius 1 is 1.35 bits per heavy atom. The first-order valence-corrected chi connectivity index (χ1v) is 7.68. The molecule has 0 atom stereocenters. The summed E-state index contributed by atoms with van der Waals surface area (Å²) >= 11 is 1.49. The van der Waals surface area contributed by atoms with Gasteiger partial charge >= 0.3 is 0 Å². The van der Waals surface area contributed by atoms with Gasteiger partial charge in [0.15, 0.2) is 5.82 Å². The van der Waals surface area contributed by atoms with Crippen molar-refractivity contribution in [3.8, 4) is 0 Å². The quantitative estimate of drug-likeness (QED) is 0.623. The van der Waals surface area contributed by atoms with Gasteiger partial charge in [-0.2, -0.15) is 0 Å². The molecule has 2 heterocycles. The first kappa shape index (κ1) is 16.6. The average molecular weight is 329 g/mol. The fourth-order valence-electron chi connectivity index (χ4n) is 1.94. The lowest BCUT2D eigenvalue weighted by molar-refractivity contribution is -0.116. The average Bonchev–Trinajstić information content (AvgIpc) is 3.05. The second-order valence-electron chi connectivity index (χ2n) is 4.50. The van der Waals surface area contributed by atoms with Crippen LogP contribution < -0.4 is 10.2 Å². The predicted molar refractivity (Wildman–Crippen MR) is 89.5 cm³/mol. The molecule has 2 aromatic heterocycles. The van der Waals surface area contributed by atoms with Gasteiger partial charge in [0.1, 0.15) is 6.29 Å². The van der Waals surface area contributed by atoms with Crippen LogP contribution in [0.3, 0.4) is 0 Å². The van der Waals surface area contributed by atoms with Gasteiger partial charge in [-0.15, -0.1) is 11.3 Å². The third kappa shape index (κ3) is 4.33. The highest BCUT2D eigenvalue weighted by Gasteiger charge is 2.18. The minimum absolute atomic E-state index is 0.171. The monoisotopic (exact) mass is 329 g/mol. The van der Waals surface area contributed by atoms with Gasteiger partial charge in [-0.3, -0.25) is 14.5 Å². The predicted octanol–water partition coefficient (Wildman–Crippen LogP) is 2.04. The number of carbonyl (C=O) groups excluding carboxylic acids is 3. The van der Waals surface area contributed by atoms with Crippen molar-refractivity contribution in [3.63, 3.8) is 0 Å². The Bertz CT molecular complexity index is 713. The molecule has 0 radical (unpaired) electrons. The summed E-state index contributed by atoms with van der Waals surface area (Å²) in [5.41, 5.74) is 0.367. The fourth-order valence-corrected chi connectivity index (χ4v) is 2.64. The van der Waals surface area contributed by atoms with E-state index in [1.165, 1.54) is 17.5 Å². The zero-order valence-electron chi connectivity index (χ0n) is 12.3. The van der Waals surface area contributed by atoms with E-state index in [1.54, 1.807) is 12.1 Å². The standard InChI is InChI=1S/C16H15N3O3S/c1-2-15(22)19(8-9-20)16-13(6-3-7-17-16)18-14(21)11-12-5-4-10-23-12/h2-7,9-10H,1,8,11H2,(H,18,21). The number of hydrogen-bond donors (Lipinski definition) is 1. The molecule has 0 aliphatic rings. The molecule has 118 valence electrons. The number of carbonyl (C=O) groups is 3. The van der Waals surface area contributed by atoms with Crippen molar-refractivity contribution >= 4 is 40.9 Å². The Balaban J connectivity index is 2.21. The second kappa shape index (κ2) is 8.00. The van der Waals surface area contributed by atoms with Gasteiger partial charge in [0.2, 0.25) is 5.91 Å². The van der Waals surface area contributed by atoms with Crippen molar-refractivity contribution in [1.82, 2.24) is 4.98 Å². The molecule has 6 nitrogen and oxygen atoms in total. The van der Waals surface area contributed by atoms with Gasteiger partial charge in [-0.25, -0.2) is 4.98 Å². The maximum atomic E-state index is 12.1. The molecule has 0 aromatic carbocycles. The zero-order valence-corrected chi connectivity index (χ0v) is 13.1. The van der Waals surface area contributed by atoms with E-state index in [4.69, 9.17) is 0 Å². The lowest BCUT2D eigenvalue weighted by Gasteiger charge is -2.20. The number of hydrogen-bond acceptors (Lipinski definition) is 5. The lowest BCUT2D eigenvalue weighted by atomic mass is 10.3. The summed E-state index contributed by atoms with van der Waals surface area (Å²) in [7, 11) is 0. The molecule has 0 aliphatic carbocycles. The molecule has 0 bridgehead atoms. The first-order chi connectivity index (χ1) is 11.2. The van der Waals surface area contributed by atoms with Crippen molar-refractivity contribution in [1.29, 1.82) is 0 Å². The van der Waals surface area contributed by atoms with Crippen LogP contribution in [0, 0.1) is 0 Å². The largest absolute Gasteiger partial charge is 0.323 e. The van der Waals surface area contributed by atoms with Crippen molar-refractivity contribution in [2.24, 2.45) is 0 Å². The summed E-state index contributed by atoms with van der Waals surface area (Å²) in [6.07, 6.45) is 3.40. The summed E-state index contributed by atoms with van der Waals surface area (Å²) in [5.74, 6) is -0.479. The van der Waals surface area contributed by atoms with Crippen LogP contribution in [0.1, 0.15) is 4.88 Å². The van der Waals surface area contributed by atoms with Crippen molar-refractivity contribution in [2.45, 2.75) is 6.42 Å². The molecule has 0 spiro atoms. The molecule has 0 aliphatic heterocycles. The number of nitrogens with zero attached hydrogens (tertiary/aromatic N) is 2. The summed E-state index contributed by atoms with van der Waals surface area (Å²) in [4.78, 5) is 41.0. The number of thiophene rings is 1. The van der Waals surface area contributed by atoms with Gasteiger partial charge in [-0.05, 0) is 29.7 Å². The molecular weight excluding hydrogens is 314 g/mol. The minimum Gasteiger partial charge on any atom is -0.323 e. The molecular formula is C16H15N3O3S. The van der Waals surface area contributed by atoms with E-state index < -0.39 is 5.91 Å². The number of aldehydes is 1.